The number of rotatable bonds is 2. The molecule has 0 bridgehead atoms. The van der Waals surface area contributed by atoms with Crippen LogP contribution in [0.15, 0.2) is 65.6 Å². The molecule has 2 aromatic rings. The maximum Gasteiger partial charge on any atom is 0.0736 e. The van der Waals surface area contributed by atoms with E-state index in [1.165, 1.54) is 21.6 Å². The summed E-state index contributed by atoms with van der Waals surface area (Å²) in [5.41, 5.74) is 4.03. The largest absolute Gasteiger partial charge is 0.146 e. The molecule has 2 aromatic carbocycles. The van der Waals surface area contributed by atoms with E-state index in [0.29, 0.717) is 4.58 Å². The van der Waals surface area contributed by atoms with Gasteiger partial charge in [-0.3, -0.25) is 0 Å². The molecule has 0 saturated heterocycles. The molecule has 0 aliphatic carbocycles. The average Bonchev–Trinajstić information content (AvgIpc) is 2.47. The Balaban J connectivity index is 2.13. The van der Waals surface area contributed by atoms with Crippen molar-refractivity contribution in [3.8, 4) is 0 Å². The normalized spacial score (nSPS) is 18.1. The van der Waals surface area contributed by atoms with Crippen molar-refractivity contribution in [1.82, 2.24) is 0 Å². The summed E-state index contributed by atoms with van der Waals surface area (Å²) in [6.07, 6.45) is 4.55. The standard InChI is InChI=1S/C16H14S2/c1-17-16-11-14(12-7-3-2-4-8-12)13-9-5-6-10-15(13)18-16/h2-11,16H,1H3. The van der Waals surface area contributed by atoms with Crippen LogP contribution in [0, 0.1) is 0 Å². The van der Waals surface area contributed by atoms with Crippen molar-refractivity contribution >= 4 is 29.1 Å². The van der Waals surface area contributed by atoms with Crippen LogP contribution < -0.4 is 0 Å². The van der Waals surface area contributed by atoms with E-state index in [1.807, 2.05) is 23.5 Å². The van der Waals surface area contributed by atoms with Crippen LogP contribution in [0.1, 0.15) is 11.1 Å². The molecule has 1 heterocycles. The highest BCUT2D eigenvalue weighted by Crippen LogP contribution is 2.43. The van der Waals surface area contributed by atoms with Crippen LogP contribution in [-0.2, 0) is 0 Å². The van der Waals surface area contributed by atoms with Gasteiger partial charge in [0.2, 0.25) is 0 Å². The van der Waals surface area contributed by atoms with Gasteiger partial charge < -0.3 is 0 Å². The number of thioether (sulfide) groups is 2. The van der Waals surface area contributed by atoms with Gasteiger partial charge in [-0.25, -0.2) is 0 Å². The number of hydrogen-bond donors (Lipinski definition) is 0. The van der Waals surface area contributed by atoms with E-state index in [9.17, 15) is 0 Å². The summed E-state index contributed by atoms with van der Waals surface area (Å²) in [5.74, 6) is 0. The zero-order valence-corrected chi connectivity index (χ0v) is 11.8. The van der Waals surface area contributed by atoms with E-state index >= 15 is 0 Å². The second-order valence-corrected chi connectivity index (χ2v) is 6.63. The lowest BCUT2D eigenvalue weighted by atomic mass is 9.97. The molecule has 0 aromatic heterocycles. The van der Waals surface area contributed by atoms with Crippen molar-refractivity contribution in [3.05, 3.63) is 71.8 Å². The summed E-state index contributed by atoms with van der Waals surface area (Å²) >= 11 is 3.84. The van der Waals surface area contributed by atoms with Gasteiger partial charge in [0.25, 0.3) is 0 Å². The Hall–Kier alpha value is -1.12. The molecule has 1 aliphatic rings. The molecule has 0 N–H and O–H groups in total. The van der Waals surface area contributed by atoms with Crippen molar-refractivity contribution in [2.75, 3.05) is 6.26 Å². The summed E-state index contributed by atoms with van der Waals surface area (Å²) < 4.78 is 0.509. The highest BCUT2D eigenvalue weighted by atomic mass is 32.2. The molecule has 0 amide bonds. The molecule has 1 atom stereocenters. The van der Waals surface area contributed by atoms with Crippen molar-refractivity contribution in [2.45, 2.75) is 9.48 Å². The first-order chi connectivity index (χ1) is 8.88. The molecule has 1 unspecified atom stereocenters. The average molecular weight is 270 g/mol. The lowest BCUT2D eigenvalue weighted by molar-refractivity contribution is 1.35. The Morgan fingerprint density at radius 2 is 1.67 bits per heavy atom. The maximum atomic E-state index is 2.38. The van der Waals surface area contributed by atoms with E-state index in [1.54, 1.807) is 0 Å². The molecule has 2 heteroatoms. The molecule has 18 heavy (non-hydrogen) atoms. The van der Waals surface area contributed by atoms with Gasteiger partial charge in [0.05, 0.1) is 4.58 Å². The van der Waals surface area contributed by atoms with E-state index in [2.05, 4.69) is 66.9 Å². The SMILES string of the molecule is CSC1C=C(c2ccccc2)c2ccccc2S1. The summed E-state index contributed by atoms with van der Waals surface area (Å²) in [5, 5.41) is 0. The Morgan fingerprint density at radius 1 is 0.944 bits per heavy atom. The van der Waals surface area contributed by atoms with Gasteiger partial charge in [-0.2, -0.15) is 0 Å². The number of hydrogen-bond acceptors (Lipinski definition) is 2. The highest BCUT2D eigenvalue weighted by Gasteiger charge is 2.19. The third kappa shape index (κ3) is 2.23. The van der Waals surface area contributed by atoms with Gasteiger partial charge in [0.15, 0.2) is 0 Å². The molecule has 3 rings (SSSR count). The zero-order chi connectivity index (χ0) is 12.4. The third-order valence-electron chi connectivity index (χ3n) is 3.04. The molecule has 90 valence electrons. The summed E-state index contributed by atoms with van der Waals surface area (Å²) in [6, 6.07) is 19.3. The second-order valence-electron chi connectivity index (χ2n) is 4.16. The van der Waals surface area contributed by atoms with Crippen molar-refractivity contribution < 1.29 is 0 Å². The third-order valence-corrected chi connectivity index (χ3v) is 5.49. The summed E-state index contributed by atoms with van der Waals surface area (Å²) in [7, 11) is 0. The number of fused-ring (bicyclic) bond motifs is 1. The molecule has 0 radical (unpaired) electrons. The predicted molar refractivity (Wildman–Crippen MR) is 83.1 cm³/mol. The Labute approximate surface area is 116 Å². The fourth-order valence-corrected chi connectivity index (χ4v) is 4.05. The molecule has 1 aliphatic heterocycles. The van der Waals surface area contributed by atoms with Crippen molar-refractivity contribution in [1.29, 1.82) is 0 Å². The molecular weight excluding hydrogens is 256 g/mol. The van der Waals surface area contributed by atoms with Crippen LogP contribution in [0.3, 0.4) is 0 Å². The van der Waals surface area contributed by atoms with Crippen LogP contribution in [0.25, 0.3) is 5.57 Å². The topological polar surface area (TPSA) is 0 Å². The van der Waals surface area contributed by atoms with Crippen LogP contribution >= 0.6 is 23.5 Å². The maximum absolute atomic E-state index is 2.38. The highest BCUT2D eigenvalue weighted by molar-refractivity contribution is 8.17. The first-order valence-corrected chi connectivity index (χ1v) is 8.11. The van der Waals surface area contributed by atoms with Gasteiger partial charge in [-0.15, -0.1) is 23.5 Å². The van der Waals surface area contributed by atoms with E-state index in [4.69, 9.17) is 0 Å². The van der Waals surface area contributed by atoms with Crippen LogP contribution in [-0.4, -0.2) is 10.8 Å². The van der Waals surface area contributed by atoms with Crippen LogP contribution in [0.5, 0.6) is 0 Å². The minimum absolute atomic E-state index is 0.509. The van der Waals surface area contributed by atoms with Crippen LogP contribution in [0.4, 0.5) is 0 Å². The monoisotopic (exact) mass is 270 g/mol. The second kappa shape index (κ2) is 5.25. The van der Waals surface area contributed by atoms with E-state index in [-0.39, 0.29) is 0 Å². The smallest absolute Gasteiger partial charge is 0.0736 e. The predicted octanol–water partition coefficient (Wildman–Crippen LogP) is 4.91. The number of benzene rings is 2. The minimum Gasteiger partial charge on any atom is -0.146 e. The van der Waals surface area contributed by atoms with E-state index in [0.717, 1.165) is 0 Å². The lowest BCUT2D eigenvalue weighted by Crippen LogP contribution is -2.03. The Kier molecular flexibility index (Phi) is 3.48. The minimum atomic E-state index is 0.509. The molecule has 0 saturated carbocycles. The molecule has 0 nitrogen and oxygen atoms in total. The Bertz CT molecular complexity index is 573. The first kappa shape index (κ1) is 11.9. The fraction of sp³-hybridized carbons (Fsp3) is 0.125. The first-order valence-electron chi connectivity index (χ1n) is 5.94. The molecular formula is C16H14S2. The van der Waals surface area contributed by atoms with Gasteiger partial charge >= 0.3 is 0 Å². The summed E-state index contributed by atoms with van der Waals surface area (Å²) in [4.78, 5) is 1.39. The summed E-state index contributed by atoms with van der Waals surface area (Å²) in [6.45, 7) is 0. The van der Waals surface area contributed by atoms with Gasteiger partial charge in [-0.1, -0.05) is 54.6 Å². The fourth-order valence-electron chi connectivity index (χ4n) is 2.16. The van der Waals surface area contributed by atoms with Gasteiger partial charge in [0.1, 0.15) is 0 Å². The Morgan fingerprint density at radius 3 is 2.44 bits per heavy atom. The van der Waals surface area contributed by atoms with E-state index < -0.39 is 0 Å². The lowest BCUT2D eigenvalue weighted by Gasteiger charge is -2.22. The van der Waals surface area contributed by atoms with Gasteiger partial charge in [0, 0.05) is 4.90 Å². The molecule has 0 spiro atoms. The zero-order valence-electron chi connectivity index (χ0n) is 10.2. The van der Waals surface area contributed by atoms with Crippen molar-refractivity contribution in [3.63, 3.8) is 0 Å². The van der Waals surface area contributed by atoms with Gasteiger partial charge in [-0.05, 0) is 29.0 Å². The molecule has 0 fully saturated rings. The van der Waals surface area contributed by atoms with Crippen molar-refractivity contribution in [2.24, 2.45) is 0 Å². The van der Waals surface area contributed by atoms with Crippen LogP contribution in [0.2, 0.25) is 0 Å². The quantitative estimate of drug-likeness (QED) is 0.760.